The molecule has 1 aliphatic heterocycles. The Labute approximate surface area is 190 Å². The van der Waals surface area contributed by atoms with Gasteiger partial charge >= 0.3 is 0 Å². The number of aromatic amines is 1. The van der Waals surface area contributed by atoms with Crippen molar-refractivity contribution in [3.63, 3.8) is 0 Å². The number of carbonyl (C=O) groups is 1. The van der Waals surface area contributed by atoms with Gasteiger partial charge in [0, 0.05) is 31.3 Å². The van der Waals surface area contributed by atoms with E-state index < -0.39 is 0 Å². The fraction of sp³-hybridized carbons (Fsp3) is 0.560. The number of nitrogens with zero attached hydrogens (tertiary/aromatic N) is 3. The molecule has 1 aromatic heterocycles. The summed E-state index contributed by atoms with van der Waals surface area (Å²) in [6, 6.07) is 5.40. The van der Waals surface area contributed by atoms with Crippen molar-refractivity contribution in [2.24, 2.45) is 0 Å². The van der Waals surface area contributed by atoms with E-state index in [1.807, 2.05) is 33.9 Å². The van der Waals surface area contributed by atoms with E-state index >= 15 is 0 Å². The Morgan fingerprint density at radius 1 is 1.19 bits per heavy atom. The molecule has 2 aromatic rings. The van der Waals surface area contributed by atoms with E-state index in [1.165, 1.54) is 12.8 Å². The molecule has 0 bridgehead atoms. The van der Waals surface area contributed by atoms with Crippen molar-refractivity contribution in [2.75, 3.05) is 39.8 Å². The highest BCUT2D eigenvalue weighted by Gasteiger charge is 2.19. The van der Waals surface area contributed by atoms with Crippen LogP contribution < -0.4 is 10.3 Å². The molecule has 7 nitrogen and oxygen atoms in total. The topological polar surface area (TPSA) is 78.5 Å². The van der Waals surface area contributed by atoms with Crippen LogP contribution in [0.1, 0.15) is 61.6 Å². The summed E-state index contributed by atoms with van der Waals surface area (Å²) < 4.78 is 5.93. The van der Waals surface area contributed by atoms with E-state index in [0.29, 0.717) is 54.3 Å². The number of nitrogens with one attached hydrogen (secondary N) is 1. The summed E-state index contributed by atoms with van der Waals surface area (Å²) in [5, 5.41) is 0. The number of amides is 1. The Balaban J connectivity index is 1.92. The molecule has 7 heteroatoms. The van der Waals surface area contributed by atoms with Crippen molar-refractivity contribution in [1.82, 2.24) is 19.8 Å². The average Bonchev–Trinajstić information content (AvgIpc) is 3.33. The molecule has 1 aliphatic rings. The highest BCUT2D eigenvalue weighted by atomic mass is 16.5. The second kappa shape index (κ2) is 11.3. The summed E-state index contributed by atoms with van der Waals surface area (Å²) >= 11 is 0. The summed E-state index contributed by atoms with van der Waals surface area (Å²) in [6.45, 7) is 10.3. The molecule has 2 heterocycles. The van der Waals surface area contributed by atoms with Gasteiger partial charge < -0.3 is 19.5 Å². The number of likely N-dealkylation sites (N-methyl/N-ethyl adjacent to an activating group) is 1. The Hall–Kier alpha value is -2.67. The molecule has 1 amide bonds. The molecule has 0 spiro atoms. The van der Waals surface area contributed by atoms with Gasteiger partial charge in [-0.25, -0.2) is 4.98 Å². The van der Waals surface area contributed by atoms with Crippen molar-refractivity contribution in [3.8, 4) is 17.1 Å². The molecule has 1 fully saturated rings. The maximum atomic E-state index is 13.1. The number of hydrogen-bond acceptors (Lipinski definition) is 5. The monoisotopic (exact) mass is 440 g/mol. The van der Waals surface area contributed by atoms with Crippen LogP contribution >= 0.6 is 0 Å². The number of H-pyrrole nitrogens is 1. The zero-order valence-corrected chi connectivity index (χ0v) is 19.9. The highest BCUT2D eigenvalue weighted by Crippen LogP contribution is 2.29. The van der Waals surface area contributed by atoms with Gasteiger partial charge in [0.05, 0.1) is 17.9 Å². The van der Waals surface area contributed by atoms with Crippen molar-refractivity contribution >= 4 is 5.91 Å². The van der Waals surface area contributed by atoms with Gasteiger partial charge in [0.1, 0.15) is 11.6 Å². The second-order valence-electron chi connectivity index (χ2n) is 8.38. The molecule has 0 atom stereocenters. The summed E-state index contributed by atoms with van der Waals surface area (Å²) in [5.74, 6) is 1.03. The van der Waals surface area contributed by atoms with E-state index in [2.05, 4.69) is 9.88 Å². The van der Waals surface area contributed by atoms with Gasteiger partial charge in [-0.1, -0.05) is 20.8 Å². The van der Waals surface area contributed by atoms with Crippen molar-refractivity contribution in [1.29, 1.82) is 0 Å². The highest BCUT2D eigenvalue weighted by molar-refractivity contribution is 5.95. The summed E-state index contributed by atoms with van der Waals surface area (Å²) in [5.41, 5.74) is 2.57. The molecular weight excluding hydrogens is 404 g/mol. The Kier molecular flexibility index (Phi) is 8.45. The van der Waals surface area contributed by atoms with Gasteiger partial charge in [-0.05, 0) is 63.4 Å². The van der Waals surface area contributed by atoms with E-state index in [0.717, 1.165) is 31.7 Å². The number of benzene rings is 1. The molecule has 174 valence electrons. The third-order valence-electron chi connectivity index (χ3n) is 6.03. The molecule has 0 unspecified atom stereocenters. The smallest absolute Gasteiger partial charge is 0.254 e. The molecule has 0 aliphatic carbocycles. The number of hydrogen-bond donors (Lipinski definition) is 1. The third kappa shape index (κ3) is 5.57. The lowest BCUT2D eigenvalue weighted by Gasteiger charge is -2.22. The lowest BCUT2D eigenvalue weighted by atomic mass is 10.1. The number of likely N-dealkylation sites (tertiary alicyclic amines) is 1. The largest absolute Gasteiger partial charge is 0.493 e. The van der Waals surface area contributed by atoms with E-state index in [1.54, 1.807) is 17.0 Å². The third-order valence-corrected chi connectivity index (χ3v) is 6.03. The SMILES string of the molecule is CCCOc1ccc(C(=O)N(C)CCN2CCCC2)cc1-c1nc(CC)c(CC)c(=O)[nH]1. The fourth-order valence-corrected chi connectivity index (χ4v) is 4.13. The van der Waals surface area contributed by atoms with Gasteiger partial charge in [0.2, 0.25) is 0 Å². The van der Waals surface area contributed by atoms with Crippen molar-refractivity contribution < 1.29 is 9.53 Å². The first kappa shape index (κ1) is 24.0. The van der Waals surface area contributed by atoms with Crippen LogP contribution in [-0.2, 0) is 12.8 Å². The van der Waals surface area contributed by atoms with Crippen LogP contribution in [-0.4, -0.2) is 65.5 Å². The predicted molar refractivity (Wildman–Crippen MR) is 127 cm³/mol. The predicted octanol–water partition coefficient (Wildman–Crippen LogP) is 3.52. The summed E-state index contributed by atoms with van der Waals surface area (Å²) in [6.07, 6.45) is 4.64. The van der Waals surface area contributed by atoms with E-state index in [4.69, 9.17) is 9.72 Å². The molecule has 1 saturated heterocycles. The standard InChI is InChI=1S/C25H36N4O3/c1-5-16-32-22-11-10-18(25(31)28(4)14-15-29-12-8-9-13-29)17-20(22)23-26-21(7-3)19(6-2)24(30)27-23/h10-11,17H,5-9,12-16H2,1-4H3,(H,26,27,30). The molecule has 1 aromatic carbocycles. The molecular formula is C25H36N4O3. The molecule has 1 N–H and O–H groups in total. The maximum absolute atomic E-state index is 13.1. The van der Waals surface area contributed by atoms with Crippen LogP contribution in [0.5, 0.6) is 5.75 Å². The minimum absolute atomic E-state index is 0.0456. The zero-order chi connectivity index (χ0) is 23.1. The zero-order valence-electron chi connectivity index (χ0n) is 19.9. The van der Waals surface area contributed by atoms with Crippen LogP contribution in [0.15, 0.2) is 23.0 Å². The minimum Gasteiger partial charge on any atom is -0.493 e. The van der Waals surface area contributed by atoms with Crippen LogP contribution in [0.3, 0.4) is 0 Å². The van der Waals surface area contributed by atoms with Crippen molar-refractivity contribution in [3.05, 3.63) is 45.4 Å². The summed E-state index contributed by atoms with van der Waals surface area (Å²) in [7, 11) is 1.84. The second-order valence-corrected chi connectivity index (χ2v) is 8.38. The van der Waals surface area contributed by atoms with Gasteiger partial charge in [-0.2, -0.15) is 0 Å². The lowest BCUT2D eigenvalue weighted by Crippen LogP contribution is -2.35. The van der Waals surface area contributed by atoms with Crippen LogP contribution in [0.2, 0.25) is 0 Å². The first-order valence-corrected chi connectivity index (χ1v) is 11.9. The normalized spacial score (nSPS) is 14.0. The van der Waals surface area contributed by atoms with Crippen LogP contribution in [0.25, 0.3) is 11.4 Å². The van der Waals surface area contributed by atoms with Gasteiger partial charge in [0.25, 0.3) is 11.5 Å². The summed E-state index contributed by atoms with van der Waals surface area (Å²) in [4.78, 5) is 37.6. The van der Waals surface area contributed by atoms with Crippen LogP contribution in [0, 0.1) is 0 Å². The first-order chi connectivity index (χ1) is 15.5. The Morgan fingerprint density at radius 3 is 2.59 bits per heavy atom. The number of carbonyl (C=O) groups excluding carboxylic acids is 1. The Bertz CT molecular complexity index is 980. The lowest BCUT2D eigenvalue weighted by molar-refractivity contribution is 0.0782. The molecule has 32 heavy (non-hydrogen) atoms. The molecule has 0 radical (unpaired) electrons. The van der Waals surface area contributed by atoms with Gasteiger partial charge in [-0.3, -0.25) is 9.59 Å². The first-order valence-electron chi connectivity index (χ1n) is 11.9. The number of aryl methyl sites for hydroxylation is 1. The van der Waals surface area contributed by atoms with E-state index in [9.17, 15) is 9.59 Å². The number of aromatic nitrogens is 2. The fourth-order valence-electron chi connectivity index (χ4n) is 4.13. The minimum atomic E-state index is -0.129. The van der Waals surface area contributed by atoms with E-state index in [-0.39, 0.29) is 11.5 Å². The molecule has 0 saturated carbocycles. The maximum Gasteiger partial charge on any atom is 0.254 e. The number of ether oxygens (including phenoxy) is 1. The number of rotatable bonds is 10. The quantitative estimate of drug-likeness (QED) is 0.612. The Morgan fingerprint density at radius 2 is 1.94 bits per heavy atom. The van der Waals surface area contributed by atoms with Gasteiger partial charge in [-0.15, -0.1) is 0 Å². The van der Waals surface area contributed by atoms with Crippen LogP contribution in [0.4, 0.5) is 0 Å². The van der Waals surface area contributed by atoms with Gasteiger partial charge in [0.15, 0.2) is 0 Å². The molecule has 3 rings (SSSR count). The van der Waals surface area contributed by atoms with Crippen molar-refractivity contribution in [2.45, 2.75) is 52.9 Å². The average molecular weight is 441 g/mol.